The molecular formula is C36H43N3O6S. The van der Waals surface area contributed by atoms with Crippen LogP contribution in [-0.2, 0) is 14.8 Å². The number of carbonyl (C=O) groups is 4. The number of carbonyl (C=O) groups excluding carboxylic acids is 4. The van der Waals surface area contributed by atoms with Crippen LogP contribution in [0.1, 0.15) is 121 Å². The van der Waals surface area contributed by atoms with Gasteiger partial charge in [0.15, 0.2) is 5.78 Å². The highest BCUT2D eigenvalue weighted by atomic mass is 32.2. The van der Waals surface area contributed by atoms with Crippen LogP contribution in [0.15, 0.2) is 72.1 Å². The van der Waals surface area contributed by atoms with Gasteiger partial charge in [0, 0.05) is 24.6 Å². The number of pyridine rings is 1. The Morgan fingerprint density at radius 3 is 2.04 bits per heavy atom. The predicted octanol–water partition coefficient (Wildman–Crippen LogP) is 7.77. The third-order valence-corrected chi connectivity index (χ3v) is 9.38. The van der Waals surface area contributed by atoms with Crippen LogP contribution in [0.5, 0.6) is 0 Å². The second-order valence-electron chi connectivity index (χ2n) is 11.2. The fourth-order valence-corrected chi connectivity index (χ4v) is 6.37. The largest absolute Gasteiger partial charge is 0.321 e. The quantitative estimate of drug-likeness (QED) is 0.117. The van der Waals surface area contributed by atoms with Crippen molar-refractivity contribution < 1.29 is 27.6 Å². The van der Waals surface area contributed by atoms with E-state index in [0.717, 1.165) is 31.2 Å². The number of unbranched alkanes of at least 4 members (excludes halogenated alkanes) is 8. The molecule has 0 aliphatic heterocycles. The molecule has 1 aromatic heterocycles. The van der Waals surface area contributed by atoms with Crippen molar-refractivity contribution in [1.29, 1.82) is 0 Å². The van der Waals surface area contributed by atoms with E-state index in [4.69, 9.17) is 0 Å². The van der Waals surface area contributed by atoms with Gasteiger partial charge < -0.3 is 5.32 Å². The van der Waals surface area contributed by atoms with Crippen LogP contribution >= 0.6 is 0 Å². The number of imide groups is 1. The third-order valence-electron chi connectivity index (χ3n) is 7.67. The van der Waals surface area contributed by atoms with Crippen molar-refractivity contribution in [1.82, 2.24) is 9.29 Å². The maximum absolute atomic E-state index is 13.9. The van der Waals surface area contributed by atoms with Crippen molar-refractivity contribution in [3.8, 4) is 0 Å². The van der Waals surface area contributed by atoms with E-state index in [1.54, 1.807) is 24.3 Å². The number of nitrogens with one attached hydrogen (secondary N) is 1. The van der Waals surface area contributed by atoms with Crippen molar-refractivity contribution in [3.63, 3.8) is 0 Å². The van der Waals surface area contributed by atoms with Gasteiger partial charge in [-0.3, -0.25) is 19.2 Å². The maximum Gasteiger partial charge on any atom is 0.276 e. The first kappa shape index (κ1) is 36.0. The highest BCUT2D eigenvalue weighted by Gasteiger charge is 2.36. The van der Waals surface area contributed by atoms with E-state index < -0.39 is 27.7 Å². The van der Waals surface area contributed by atoms with Crippen LogP contribution < -0.4 is 5.32 Å². The Kier molecular flexibility index (Phi) is 13.6. The van der Waals surface area contributed by atoms with Crippen LogP contribution in [0.2, 0.25) is 0 Å². The van der Waals surface area contributed by atoms with Gasteiger partial charge in [0.25, 0.3) is 21.8 Å². The second kappa shape index (κ2) is 17.3. The molecule has 1 N–H and O–H groups in total. The van der Waals surface area contributed by atoms with Crippen LogP contribution in [0.3, 0.4) is 0 Å². The van der Waals surface area contributed by atoms with Crippen LogP contribution in [-0.4, -0.2) is 41.2 Å². The lowest BCUT2D eigenvalue weighted by Gasteiger charge is -2.22. The topological polar surface area (TPSA) is 131 Å². The summed E-state index contributed by atoms with van der Waals surface area (Å²) in [5.41, 5.74) is 1.57. The molecule has 244 valence electrons. The lowest BCUT2D eigenvalue weighted by molar-refractivity contribution is -0.124. The number of hydrogen-bond acceptors (Lipinski definition) is 7. The Balaban J connectivity index is 1.83. The predicted molar refractivity (Wildman–Crippen MR) is 180 cm³/mol. The zero-order valence-corrected chi connectivity index (χ0v) is 27.7. The number of sulfonamides is 1. The van der Waals surface area contributed by atoms with Crippen LogP contribution in [0.25, 0.3) is 6.08 Å². The lowest BCUT2D eigenvalue weighted by atomic mass is 10.1. The molecule has 0 unspecified atom stereocenters. The number of para-hydroxylation sites is 1. The maximum atomic E-state index is 13.9. The molecule has 0 fully saturated rings. The van der Waals surface area contributed by atoms with E-state index >= 15 is 0 Å². The van der Waals surface area contributed by atoms with E-state index in [9.17, 15) is 27.6 Å². The molecule has 0 atom stereocenters. The Bertz CT molecular complexity index is 1670. The first-order chi connectivity index (χ1) is 22.0. The fraction of sp³-hybridized carbons (Fsp3) is 0.361. The minimum atomic E-state index is -4.67. The summed E-state index contributed by atoms with van der Waals surface area (Å²) in [5.74, 6) is -2.69. The molecule has 0 bridgehead atoms. The van der Waals surface area contributed by atoms with Gasteiger partial charge in [-0.1, -0.05) is 89.1 Å². The van der Waals surface area contributed by atoms with Crippen molar-refractivity contribution in [3.05, 3.63) is 95.3 Å². The van der Waals surface area contributed by atoms with Gasteiger partial charge in [0.1, 0.15) is 5.69 Å². The summed E-state index contributed by atoms with van der Waals surface area (Å²) in [7, 11) is -4.67. The number of benzene rings is 2. The van der Waals surface area contributed by atoms with E-state index in [-0.39, 0.29) is 39.6 Å². The number of Topliss-reactive ketones (excluding diaryl/α,β-unsaturated/α-hetero) is 1. The first-order valence-corrected chi connectivity index (χ1v) is 17.2. The number of hydrogen-bond donors (Lipinski definition) is 1. The molecule has 3 amide bonds. The molecule has 0 spiro atoms. The summed E-state index contributed by atoms with van der Waals surface area (Å²) in [6.07, 6.45) is 10.5. The summed E-state index contributed by atoms with van der Waals surface area (Å²) in [6, 6.07) is 14.8. The van der Waals surface area contributed by atoms with E-state index in [2.05, 4.69) is 23.8 Å². The van der Waals surface area contributed by atoms with Crippen molar-refractivity contribution in [2.75, 3.05) is 5.32 Å². The summed E-state index contributed by atoms with van der Waals surface area (Å²) >= 11 is 0. The number of amides is 3. The number of aryl methyl sites for hydroxylation is 1. The molecule has 3 aromatic rings. The summed E-state index contributed by atoms with van der Waals surface area (Å²) in [4.78, 5) is 55.7. The van der Waals surface area contributed by atoms with E-state index in [0.29, 0.717) is 16.4 Å². The van der Waals surface area contributed by atoms with E-state index in [1.165, 1.54) is 75.9 Å². The summed E-state index contributed by atoms with van der Waals surface area (Å²) in [5, 5.41) is 2.78. The average molecular weight is 646 g/mol. The van der Waals surface area contributed by atoms with Crippen LogP contribution in [0.4, 0.5) is 5.69 Å². The van der Waals surface area contributed by atoms with Crippen molar-refractivity contribution in [2.24, 2.45) is 0 Å². The molecule has 0 aliphatic rings. The van der Waals surface area contributed by atoms with Gasteiger partial charge >= 0.3 is 0 Å². The molecule has 1 heterocycles. The van der Waals surface area contributed by atoms with Gasteiger partial charge in [-0.15, -0.1) is 0 Å². The van der Waals surface area contributed by atoms with Crippen molar-refractivity contribution in [2.45, 2.75) is 89.9 Å². The summed E-state index contributed by atoms with van der Waals surface area (Å²) in [6.45, 7) is 8.72. The second-order valence-corrected chi connectivity index (χ2v) is 13.0. The third kappa shape index (κ3) is 9.53. The summed E-state index contributed by atoms with van der Waals surface area (Å²) < 4.78 is 28.1. The Morgan fingerprint density at radius 1 is 0.848 bits per heavy atom. The van der Waals surface area contributed by atoms with Gasteiger partial charge in [-0.25, -0.2) is 13.4 Å². The Hall–Kier alpha value is -4.44. The van der Waals surface area contributed by atoms with Gasteiger partial charge in [-0.2, -0.15) is 4.31 Å². The lowest BCUT2D eigenvalue weighted by Crippen LogP contribution is -2.42. The molecule has 3 rings (SSSR count). The average Bonchev–Trinajstić information content (AvgIpc) is 3.04. The molecule has 0 aliphatic carbocycles. The number of nitrogens with zero attached hydrogens (tertiary/aromatic N) is 2. The highest BCUT2D eigenvalue weighted by Crippen LogP contribution is 2.24. The molecule has 46 heavy (non-hydrogen) atoms. The Morgan fingerprint density at radius 2 is 1.46 bits per heavy atom. The van der Waals surface area contributed by atoms with Gasteiger partial charge in [0.05, 0.1) is 16.2 Å². The SMILES string of the molecule is C=Cc1ccccc1NC(=O)c1ccc(S(=O)(=O)N(C(=O)CCCCCCCCCCC)C(=O)c2ccc(C(C)=O)nc2C)cc1. The minimum Gasteiger partial charge on any atom is -0.321 e. The normalized spacial score (nSPS) is 11.1. The zero-order valence-electron chi connectivity index (χ0n) is 26.9. The number of anilines is 1. The number of aromatic nitrogens is 1. The standard InChI is InChI=1S/C36H43N3O6S/c1-5-7-8-9-10-11-12-13-14-19-34(41)39(36(43)31-24-25-32(27(4)40)37-26(31)3)46(44,45)30-22-20-29(21-23-30)35(42)38-33-18-16-15-17-28(33)6-2/h6,15-18,20-25H,2,5,7-14,19H2,1,3-4H3,(H,38,42). The molecule has 0 saturated heterocycles. The monoisotopic (exact) mass is 645 g/mol. The van der Waals surface area contributed by atoms with Crippen LogP contribution in [0, 0.1) is 6.92 Å². The molecule has 10 heteroatoms. The van der Waals surface area contributed by atoms with Gasteiger partial charge in [0.2, 0.25) is 5.91 Å². The molecule has 2 aromatic carbocycles. The highest BCUT2D eigenvalue weighted by molar-refractivity contribution is 7.90. The fourth-order valence-electron chi connectivity index (χ4n) is 5.00. The number of rotatable bonds is 17. The molecule has 9 nitrogen and oxygen atoms in total. The minimum absolute atomic E-state index is 0.106. The van der Waals surface area contributed by atoms with Crippen molar-refractivity contribution >= 4 is 45.3 Å². The first-order valence-electron chi connectivity index (χ1n) is 15.7. The zero-order chi connectivity index (χ0) is 33.7. The number of ketones is 1. The molecular weight excluding hydrogens is 602 g/mol. The van der Waals surface area contributed by atoms with Gasteiger partial charge in [-0.05, 0) is 61.4 Å². The smallest absolute Gasteiger partial charge is 0.276 e. The Labute approximate surface area is 272 Å². The molecule has 0 radical (unpaired) electrons. The van der Waals surface area contributed by atoms with E-state index in [1.807, 2.05) is 6.07 Å². The molecule has 0 saturated carbocycles.